The second-order valence-corrected chi connectivity index (χ2v) is 8.37. The van der Waals surface area contributed by atoms with Crippen LogP contribution >= 0.6 is 0 Å². The Morgan fingerprint density at radius 2 is 1.81 bits per heavy atom. The zero-order chi connectivity index (χ0) is 19.3. The first-order valence-electron chi connectivity index (χ1n) is 8.65. The molecule has 0 spiro atoms. The van der Waals surface area contributed by atoms with E-state index in [0.29, 0.717) is 0 Å². The molecule has 140 valence electrons. The van der Waals surface area contributed by atoms with Crippen LogP contribution in [0.15, 0.2) is 53.4 Å². The number of hydrogen-bond donors (Lipinski definition) is 1. The highest BCUT2D eigenvalue weighted by molar-refractivity contribution is 7.89. The average Bonchev–Trinajstić information content (AvgIpc) is 2.58. The largest absolute Gasteiger partial charge is 0.311 e. The Balaban J connectivity index is 2.14. The van der Waals surface area contributed by atoms with Crippen LogP contribution in [0.2, 0.25) is 0 Å². The van der Waals surface area contributed by atoms with Gasteiger partial charge >= 0.3 is 0 Å². The number of nitrogens with one attached hydrogen (secondary N) is 1. The number of amides is 1. The molecule has 2 aromatic rings. The quantitative estimate of drug-likeness (QED) is 0.807. The Morgan fingerprint density at radius 1 is 1.12 bits per heavy atom. The highest BCUT2D eigenvalue weighted by Crippen LogP contribution is 2.27. The predicted molar refractivity (Wildman–Crippen MR) is 105 cm³/mol. The Morgan fingerprint density at radius 3 is 2.42 bits per heavy atom. The van der Waals surface area contributed by atoms with Crippen molar-refractivity contribution in [3.8, 4) is 0 Å². The van der Waals surface area contributed by atoms with Crippen molar-refractivity contribution in [1.29, 1.82) is 0 Å². The molecule has 0 aliphatic rings. The van der Waals surface area contributed by atoms with Crippen LogP contribution in [0.1, 0.15) is 37.8 Å². The van der Waals surface area contributed by atoms with Crippen molar-refractivity contribution in [3.05, 3.63) is 59.7 Å². The number of carbonyl (C=O) groups is 1. The third-order valence-corrected chi connectivity index (χ3v) is 5.62. The van der Waals surface area contributed by atoms with Gasteiger partial charge < -0.3 is 4.90 Å². The number of aryl methyl sites for hydroxylation is 1. The Labute approximate surface area is 156 Å². The lowest BCUT2D eigenvalue weighted by molar-refractivity contribution is -0.116. The second-order valence-electron chi connectivity index (χ2n) is 6.60. The summed E-state index contributed by atoms with van der Waals surface area (Å²) in [5.41, 5.74) is 2.76. The minimum atomic E-state index is -3.60. The molecule has 0 unspecified atom stereocenters. The van der Waals surface area contributed by atoms with Crippen molar-refractivity contribution in [2.24, 2.45) is 0 Å². The van der Waals surface area contributed by atoms with Crippen molar-refractivity contribution in [1.82, 2.24) is 4.72 Å². The summed E-state index contributed by atoms with van der Waals surface area (Å²) in [7, 11) is -3.60. The van der Waals surface area contributed by atoms with Crippen LogP contribution in [0.4, 0.5) is 5.69 Å². The molecular weight excluding hydrogens is 348 g/mol. The standard InChI is InChI=1S/C20H26N2O3S/c1-15(2)19-10-5-6-11-20(19)22(17(4)23)13-12-21-26(24,25)18-9-7-8-16(3)14-18/h5-11,14-15,21H,12-13H2,1-4H3. The molecule has 0 fully saturated rings. The molecule has 5 nitrogen and oxygen atoms in total. The van der Waals surface area contributed by atoms with E-state index in [1.54, 1.807) is 23.1 Å². The van der Waals surface area contributed by atoms with Gasteiger partial charge in [0.25, 0.3) is 0 Å². The Bertz CT molecular complexity index is 876. The highest BCUT2D eigenvalue weighted by atomic mass is 32.2. The van der Waals surface area contributed by atoms with Gasteiger partial charge in [-0.25, -0.2) is 13.1 Å². The lowest BCUT2D eigenvalue weighted by atomic mass is 10.0. The van der Waals surface area contributed by atoms with Crippen molar-refractivity contribution < 1.29 is 13.2 Å². The number of hydrogen-bond acceptors (Lipinski definition) is 3. The summed E-state index contributed by atoms with van der Waals surface area (Å²) < 4.78 is 27.5. The lowest BCUT2D eigenvalue weighted by Crippen LogP contribution is -2.38. The van der Waals surface area contributed by atoms with E-state index in [1.807, 2.05) is 37.3 Å². The average molecular weight is 375 g/mol. The highest BCUT2D eigenvalue weighted by Gasteiger charge is 2.18. The van der Waals surface area contributed by atoms with Gasteiger partial charge in [0, 0.05) is 25.7 Å². The van der Waals surface area contributed by atoms with Crippen LogP contribution in [-0.4, -0.2) is 27.4 Å². The van der Waals surface area contributed by atoms with Crippen LogP contribution in [0, 0.1) is 6.92 Å². The summed E-state index contributed by atoms with van der Waals surface area (Å²) in [6.07, 6.45) is 0. The summed E-state index contributed by atoms with van der Waals surface area (Å²) >= 11 is 0. The monoisotopic (exact) mass is 374 g/mol. The number of anilines is 1. The first-order chi connectivity index (χ1) is 12.2. The number of benzene rings is 2. The number of para-hydroxylation sites is 1. The Hall–Kier alpha value is -2.18. The van der Waals surface area contributed by atoms with Crippen molar-refractivity contribution >= 4 is 21.6 Å². The van der Waals surface area contributed by atoms with Gasteiger partial charge in [0.1, 0.15) is 0 Å². The number of rotatable bonds is 7. The van der Waals surface area contributed by atoms with Gasteiger partial charge in [-0.1, -0.05) is 44.2 Å². The van der Waals surface area contributed by atoms with Crippen molar-refractivity contribution in [2.45, 2.75) is 38.5 Å². The summed E-state index contributed by atoms with van der Waals surface area (Å²) in [6.45, 7) is 7.88. The molecule has 0 bridgehead atoms. The number of sulfonamides is 1. The fraction of sp³-hybridized carbons (Fsp3) is 0.350. The summed E-state index contributed by atoms with van der Waals surface area (Å²) in [6, 6.07) is 14.5. The topological polar surface area (TPSA) is 66.5 Å². The van der Waals surface area contributed by atoms with Gasteiger partial charge in [-0.05, 0) is 42.2 Å². The van der Waals surface area contributed by atoms with Crippen LogP contribution in [0.5, 0.6) is 0 Å². The lowest BCUT2D eigenvalue weighted by Gasteiger charge is -2.25. The smallest absolute Gasteiger partial charge is 0.240 e. The molecular formula is C20H26N2O3S. The molecule has 0 aliphatic heterocycles. The van der Waals surface area contributed by atoms with Crippen molar-refractivity contribution in [2.75, 3.05) is 18.0 Å². The molecule has 0 heterocycles. The first kappa shape index (κ1) is 20.1. The normalized spacial score (nSPS) is 11.6. The summed E-state index contributed by atoms with van der Waals surface area (Å²) in [4.78, 5) is 14.0. The van der Waals surface area contributed by atoms with Gasteiger partial charge in [0.05, 0.1) is 4.90 Å². The van der Waals surface area contributed by atoms with E-state index >= 15 is 0 Å². The second kappa shape index (κ2) is 8.47. The molecule has 0 radical (unpaired) electrons. The van der Waals surface area contributed by atoms with E-state index in [4.69, 9.17) is 0 Å². The molecule has 26 heavy (non-hydrogen) atoms. The fourth-order valence-corrected chi connectivity index (χ4v) is 3.95. The molecule has 6 heteroatoms. The van der Waals surface area contributed by atoms with E-state index < -0.39 is 10.0 Å². The predicted octanol–water partition coefficient (Wildman–Crippen LogP) is 3.45. The van der Waals surface area contributed by atoms with E-state index in [0.717, 1.165) is 16.8 Å². The maximum Gasteiger partial charge on any atom is 0.240 e. The molecule has 1 N–H and O–H groups in total. The van der Waals surface area contributed by atoms with E-state index in [1.165, 1.54) is 6.92 Å². The molecule has 0 saturated heterocycles. The third-order valence-electron chi connectivity index (χ3n) is 4.16. The van der Waals surface area contributed by atoms with E-state index in [9.17, 15) is 13.2 Å². The summed E-state index contributed by atoms with van der Waals surface area (Å²) in [5, 5.41) is 0. The van der Waals surface area contributed by atoms with Gasteiger partial charge in [-0.15, -0.1) is 0 Å². The van der Waals surface area contributed by atoms with Gasteiger partial charge in [0.15, 0.2) is 0 Å². The van der Waals surface area contributed by atoms with Crippen LogP contribution in [-0.2, 0) is 14.8 Å². The molecule has 2 aromatic carbocycles. The maximum atomic E-state index is 12.4. The molecule has 0 aromatic heterocycles. The van der Waals surface area contributed by atoms with Gasteiger partial charge in [-0.2, -0.15) is 0 Å². The molecule has 2 rings (SSSR count). The molecule has 0 atom stereocenters. The number of nitrogens with zero attached hydrogens (tertiary/aromatic N) is 1. The third kappa shape index (κ3) is 4.93. The molecule has 0 saturated carbocycles. The van der Waals surface area contributed by atoms with Crippen LogP contribution < -0.4 is 9.62 Å². The van der Waals surface area contributed by atoms with E-state index in [-0.39, 0.29) is 29.8 Å². The van der Waals surface area contributed by atoms with Gasteiger partial charge in [-0.3, -0.25) is 4.79 Å². The van der Waals surface area contributed by atoms with E-state index in [2.05, 4.69) is 18.6 Å². The SMILES string of the molecule is CC(=O)N(CCNS(=O)(=O)c1cccc(C)c1)c1ccccc1C(C)C. The zero-order valence-corrected chi connectivity index (χ0v) is 16.5. The molecule has 1 amide bonds. The van der Waals surface area contributed by atoms with Crippen LogP contribution in [0.3, 0.4) is 0 Å². The molecule has 0 aliphatic carbocycles. The van der Waals surface area contributed by atoms with Crippen LogP contribution in [0.25, 0.3) is 0 Å². The Kier molecular flexibility index (Phi) is 6.56. The minimum Gasteiger partial charge on any atom is -0.311 e. The van der Waals surface area contributed by atoms with Crippen molar-refractivity contribution in [3.63, 3.8) is 0 Å². The first-order valence-corrected chi connectivity index (χ1v) is 10.1. The zero-order valence-electron chi connectivity index (χ0n) is 15.7. The fourth-order valence-electron chi connectivity index (χ4n) is 2.83. The maximum absolute atomic E-state index is 12.4. The minimum absolute atomic E-state index is 0.118. The summed E-state index contributed by atoms with van der Waals surface area (Å²) in [5.74, 6) is 0.143. The number of carbonyl (C=O) groups excluding carboxylic acids is 1. The van der Waals surface area contributed by atoms with Gasteiger partial charge in [0.2, 0.25) is 15.9 Å².